The summed E-state index contributed by atoms with van der Waals surface area (Å²) in [7, 11) is 4.85. The third-order valence-corrected chi connectivity index (χ3v) is 12.4. The quantitative estimate of drug-likeness (QED) is 0.282. The summed E-state index contributed by atoms with van der Waals surface area (Å²) in [5.41, 5.74) is 0.564. The highest BCUT2D eigenvalue weighted by Gasteiger charge is 2.63. The van der Waals surface area contributed by atoms with Crippen LogP contribution in [0.5, 0.6) is 0 Å². The van der Waals surface area contributed by atoms with Crippen molar-refractivity contribution < 1.29 is 57.1 Å². The third-order valence-electron chi connectivity index (χ3n) is 12.4. The minimum absolute atomic E-state index is 0.0284. The minimum atomic E-state index is -0.687. The number of carbonyl (C=O) groups excluding carboxylic acids is 4. The van der Waals surface area contributed by atoms with Crippen molar-refractivity contribution in [3.05, 3.63) is 11.6 Å². The molecule has 2 saturated carbocycles. The number of carbonyl (C=O) groups is 4. The normalized spacial score (nSPS) is 45.4. The Kier molecular flexibility index (Phi) is 11.2. The van der Waals surface area contributed by atoms with Crippen LogP contribution in [0.4, 0.5) is 0 Å². The van der Waals surface area contributed by atoms with Crippen LogP contribution in [0.25, 0.3) is 0 Å². The van der Waals surface area contributed by atoms with Crippen molar-refractivity contribution in [1.82, 2.24) is 0 Å². The molecule has 16 atom stereocenters. The summed E-state index contributed by atoms with van der Waals surface area (Å²) in [6.45, 7) is 7.09. The van der Waals surface area contributed by atoms with Crippen LogP contribution in [0.3, 0.4) is 0 Å². The molecule has 0 spiro atoms. The number of Topliss-reactive ketones (excluding diaryl/α,β-unsaturated/α-hetero) is 1. The van der Waals surface area contributed by atoms with E-state index in [0.717, 1.165) is 0 Å². The number of esters is 3. The van der Waals surface area contributed by atoms with E-state index in [4.69, 9.17) is 37.9 Å². The lowest BCUT2D eigenvalue weighted by Crippen LogP contribution is -2.59. The summed E-state index contributed by atoms with van der Waals surface area (Å²) in [5.74, 6) is -2.41. The highest BCUT2D eigenvalue weighted by molar-refractivity contribution is 5.99. The van der Waals surface area contributed by atoms with Gasteiger partial charge in [-0.2, -0.15) is 0 Å². The van der Waals surface area contributed by atoms with Crippen molar-refractivity contribution in [2.24, 2.45) is 41.4 Å². The van der Waals surface area contributed by atoms with E-state index in [1.165, 1.54) is 6.92 Å². The number of allylic oxidation sites excluding steroid dienone is 2. The van der Waals surface area contributed by atoms with Gasteiger partial charge in [0.1, 0.15) is 36.6 Å². The average Bonchev–Trinajstić information content (AvgIpc) is 3.76. The summed E-state index contributed by atoms with van der Waals surface area (Å²) >= 11 is 0. The fraction of sp³-hybridized carbons (Fsp3) is 0.838. The fourth-order valence-corrected chi connectivity index (χ4v) is 10.2. The molecule has 274 valence electrons. The van der Waals surface area contributed by atoms with Gasteiger partial charge >= 0.3 is 17.9 Å². The van der Waals surface area contributed by atoms with Crippen LogP contribution in [-0.4, -0.2) is 100 Å². The largest absolute Gasteiger partial charge is 0.462 e. The van der Waals surface area contributed by atoms with Crippen molar-refractivity contribution in [3.8, 4) is 0 Å². The molecule has 0 aromatic rings. The van der Waals surface area contributed by atoms with Gasteiger partial charge in [0.05, 0.1) is 31.0 Å². The highest BCUT2D eigenvalue weighted by Crippen LogP contribution is 2.61. The summed E-state index contributed by atoms with van der Waals surface area (Å²) < 4.78 is 48.1. The number of cyclic esters (lactones) is 1. The van der Waals surface area contributed by atoms with Crippen molar-refractivity contribution in [1.29, 1.82) is 0 Å². The molecular formula is C37H54O12. The molecule has 12 nitrogen and oxygen atoms in total. The molecule has 6 rings (SSSR count). The van der Waals surface area contributed by atoms with Gasteiger partial charge in [0.2, 0.25) is 0 Å². The van der Waals surface area contributed by atoms with E-state index in [9.17, 15) is 19.2 Å². The van der Waals surface area contributed by atoms with Gasteiger partial charge in [-0.25, -0.2) is 0 Å². The zero-order chi connectivity index (χ0) is 35.1. The van der Waals surface area contributed by atoms with Crippen molar-refractivity contribution >= 4 is 23.7 Å². The van der Waals surface area contributed by atoms with Gasteiger partial charge in [-0.15, -0.1) is 0 Å². The zero-order valence-electron chi connectivity index (χ0n) is 29.9. The molecule has 0 amide bonds. The van der Waals surface area contributed by atoms with Crippen LogP contribution in [0.1, 0.15) is 79.1 Å². The van der Waals surface area contributed by atoms with E-state index in [-0.39, 0.29) is 78.1 Å². The molecule has 3 saturated heterocycles. The Morgan fingerprint density at radius 1 is 0.878 bits per heavy atom. The Balaban J connectivity index is 1.31. The van der Waals surface area contributed by atoms with Gasteiger partial charge in [0, 0.05) is 46.0 Å². The molecular weight excluding hydrogens is 636 g/mol. The Hall–Kier alpha value is -2.38. The van der Waals surface area contributed by atoms with Crippen LogP contribution in [-0.2, 0) is 57.1 Å². The van der Waals surface area contributed by atoms with Gasteiger partial charge in [0.25, 0.3) is 0 Å². The van der Waals surface area contributed by atoms with Crippen LogP contribution in [0.2, 0.25) is 0 Å². The Morgan fingerprint density at radius 3 is 2.24 bits per heavy atom. The van der Waals surface area contributed by atoms with Crippen molar-refractivity contribution in [2.45, 2.75) is 134 Å². The Labute approximate surface area is 289 Å². The molecule has 0 bridgehead atoms. The molecule has 4 unspecified atom stereocenters. The molecule has 3 aliphatic carbocycles. The number of ether oxygens (including phenoxy) is 8. The molecule has 0 aromatic heterocycles. The summed E-state index contributed by atoms with van der Waals surface area (Å²) in [4.78, 5) is 53.0. The van der Waals surface area contributed by atoms with E-state index < -0.39 is 48.5 Å². The second-order valence-corrected chi connectivity index (χ2v) is 15.0. The van der Waals surface area contributed by atoms with Gasteiger partial charge in [-0.05, 0) is 68.8 Å². The molecule has 6 aliphatic rings. The monoisotopic (exact) mass is 690 g/mol. The molecule has 0 N–H and O–H groups in total. The number of methoxy groups -OCH3 is 3. The first kappa shape index (κ1) is 36.4. The molecule has 12 heteroatoms. The van der Waals surface area contributed by atoms with Gasteiger partial charge in [-0.1, -0.05) is 19.9 Å². The standard InChI is InChI=1S/C37H54O12/c1-8-20-10-9-11-28(46-19(4)38)17(2)32(41)26-14-24-22-12-21(48-37-36(44-7)35(43-6)33(42-5)18(3)45-37)13-23(22)27-16-30(40)49-34(27)31(24)25(26)15-29(39)47-20/h14,17-18,20-25,27-28,31,33-37H,8-13,15-16H2,1-7H3/t17-,18?,20+,21+,22-,23-,24+,25-,27?,28+,31-,33+,34?,35?,36+,37+/m1/s1. The fourth-order valence-electron chi connectivity index (χ4n) is 10.2. The topological polar surface area (TPSA) is 142 Å². The first-order chi connectivity index (χ1) is 23.5. The lowest BCUT2D eigenvalue weighted by atomic mass is 9.60. The van der Waals surface area contributed by atoms with Gasteiger partial charge in [-0.3, -0.25) is 19.2 Å². The molecule has 0 radical (unpaired) electrons. The SMILES string of the molecule is CC[C@H]1CCC[C@H](OC(C)=O)[C@@H](C)C(=O)C2=C[C@H]3[C@@H]4C[C@H](O[C@@H]5OC(C)[C@H](OC)C(OC)[C@@H]5OC)C[C@H]4C4CC(=O)OC4[C@H]3[C@@H]2CC(=O)O1. The second-order valence-electron chi connectivity index (χ2n) is 15.0. The molecule has 3 aliphatic heterocycles. The molecule has 49 heavy (non-hydrogen) atoms. The Morgan fingerprint density at radius 2 is 1.57 bits per heavy atom. The zero-order valence-corrected chi connectivity index (χ0v) is 29.9. The first-order valence-electron chi connectivity index (χ1n) is 18.2. The van der Waals surface area contributed by atoms with E-state index in [1.54, 1.807) is 21.3 Å². The van der Waals surface area contributed by atoms with Crippen LogP contribution in [0, 0.1) is 41.4 Å². The van der Waals surface area contributed by atoms with E-state index in [1.807, 2.05) is 20.8 Å². The number of fused-ring (bicyclic) bond motifs is 8. The number of rotatable bonds is 7. The lowest BCUT2D eigenvalue weighted by molar-refractivity contribution is -0.314. The number of hydrogen-bond acceptors (Lipinski definition) is 12. The maximum Gasteiger partial charge on any atom is 0.306 e. The van der Waals surface area contributed by atoms with Gasteiger partial charge < -0.3 is 37.9 Å². The Bertz CT molecular complexity index is 1280. The van der Waals surface area contributed by atoms with E-state index in [0.29, 0.717) is 50.5 Å². The van der Waals surface area contributed by atoms with Crippen LogP contribution in [0.15, 0.2) is 11.6 Å². The smallest absolute Gasteiger partial charge is 0.306 e. The van der Waals surface area contributed by atoms with Gasteiger partial charge in [0.15, 0.2) is 12.1 Å². The number of hydrogen-bond donors (Lipinski definition) is 0. The van der Waals surface area contributed by atoms with E-state index >= 15 is 0 Å². The molecule has 5 fully saturated rings. The molecule has 0 aromatic carbocycles. The minimum Gasteiger partial charge on any atom is -0.462 e. The number of ketones is 1. The summed E-state index contributed by atoms with van der Waals surface area (Å²) in [5, 5.41) is 0. The van der Waals surface area contributed by atoms with E-state index in [2.05, 4.69) is 6.08 Å². The van der Waals surface area contributed by atoms with Crippen LogP contribution >= 0.6 is 0 Å². The van der Waals surface area contributed by atoms with Crippen LogP contribution < -0.4 is 0 Å². The maximum atomic E-state index is 14.4. The second kappa shape index (κ2) is 15.1. The van der Waals surface area contributed by atoms with Crippen molar-refractivity contribution in [2.75, 3.05) is 21.3 Å². The highest BCUT2D eigenvalue weighted by atomic mass is 16.7. The summed E-state index contributed by atoms with van der Waals surface area (Å²) in [6, 6.07) is 0. The predicted octanol–water partition coefficient (Wildman–Crippen LogP) is 3.95. The van der Waals surface area contributed by atoms with Crippen molar-refractivity contribution in [3.63, 3.8) is 0 Å². The average molecular weight is 691 g/mol. The first-order valence-corrected chi connectivity index (χ1v) is 18.2. The maximum absolute atomic E-state index is 14.4. The summed E-state index contributed by atoms with van der Waals surface area (Å²) in [6.07, 6.45) is 2.52. The predicted molar refractivity (Wildman–Crippen MR) is 173 cm³/mol. The molecule has 3 heterocycles. The lowest BCUT2D eigenvalue weighted by Gasteiger charge is -2.45. The third kappa shape index (κ3) is 6.97.